The van der Waals surface area contributed by atoms with E-state index in [2.05, 4.69) is 9.82 Å². The Hall–Kier alpha value is -1.12. The van der Waals surface area contributed by atoms with E-state index in [0.717, 1.165) is 19.3 Å². The van der Waals surface area contributed by atoms with Crippen molar-refractivity contribution in [3.63, 3.8) is 0 Å². The minimum absolute atomic E-state index is 0.0209. The molecule has 1 aromatic rings. The molecule has 0 aromatic carbocycles. The predicted octanol–water partition coefficient (Wildman–Crippen LogP) is 0.158. The summed E-state index contributed by atoms with van der Waals surface area (Å²) in [6, 6.07) is 0. The normalized spacial score (nSPS) is 18.3. The molecular formula is C11H20N4O3S. The molecule has 0 saturated heterocycles. The number of hydrogen-bond donors (Lipinski definition) is 2. The van der Waals surface area contributed by atoms with E-state index in [0.29, 0.717) is 5.69 Å². The topological polar surface area (TPSA) is 99.2 Å². The highest BCUT2D eigenvalue weighted by Gasteiger charge is 2.38. The molecule has 0 radical (unpaired) electrons. The maximum atomic E-state index is 12.3. The van der Waals surface area contributed by atoms with Crippen LogP contribution in [0.15, 0.2) is 4.90 Å². The third-order valence-electron chi connectivity index (χ3n) is 3.86. The first kappa shape index (κ1) is 14.3. The van der Waals surface area contributed by atoms with E-state index in [1.54, 1.807) is 21.1 Å². The molecule has 0 bridgehead atoms. The number of aryl methyl sites for hydroxylation is 1. The summed E-state index contributed by atoms with van der Waals surface area (Å²) in [5.74, 6) is 0.0209. The average Bonchev–Trinajstić information content (AvgIpc) is 2.52. The number of hydrogen-bond acceptors (Lipinski definition) is 5. The van der Waals surface area contributed by atoms with Crippen molar-refractivity contribution in [3.8, 4) is 0 Å². The summed E-state index contributed by atoms with van der Waals surface area (Å²) in [6.07, 6.45) is 2.80. The zero-order valence-electron chi connectivity index (χ0n) is 11.4. The molecule has 1 fully saturated rings. The van der Waals surface area contributed by atoms with E-state index in [4.69, 9.17) is 10.5 Å². The van der Waals surface area contributed by atoms with Gasteiger partial charge < -0.3 is 10.5 Å². The summed E-state index contributed by atoms with van der Waals surface area (Å²) < 4.78 is 34.0. The highest BCUT2D eigenvalue weighted by molar-refractivity contribution is 7.89. The minimum atomic E-state index is -3.66. The first-order chi connectivity index (χ1) is 8.81. The van der Waals surface area contributed by atoms with E-state index >= 15 is 0 Å². The number of nitrogens with one attached hydrogen (secondary N) is 1. The van der Waals surface area contributed by atoms with Crippen LogP contribution in [0.5, 0.6) is 0 Å². The molecule has 1 aliphatic carbocycles. The molecule has 19 heavy (non-hydrogen) atoms. The van der Waals surface area contributed by atoms with Crippen LogP contribution in [0.1, 0.15) is 25.0 Å². The lowest BCUT2D eigenvalue weighted by Crippen LogP contribution is -2.49. The first-order valence-electron chi connectivity index (χ1n) is 6.15. The Morgan fingerprint density at radius 1 is 1.53 bits per heavy atom. The van der Waals surface area contributed by atoms with Gasteiger partial charge in [-0.25, -0.2) is 13.1 Å². The van der Waals surface area contributed by atoms with Crippen LogP contribution in [-0.2, 0) is 21.8 Å². The zero-order chi connectivity index (χ0) is 14.3. The average molecular weight is 288 g/mol. The van der Waals surface area contributed by atoms with Crippen molar-refractivity contribution in [2.45, 2.75) is 36.7 Å². The predicted molar refractivity (Wildman–Crippen MR) is 71.1 cm³/mol. The van der Waals surface area contributed by atoms with Crippen LogP contribution in [0, 0.1) is 6.92 Å². The lowest BCUT2D eigenvalue weighted by Gasteiger charge is -2.40. The number of sulfonamides is 1. The van der Waals surface area contributed by atoms with Crippen LogP contribution in [-0.4, -0.2) is 37.5 Å². The van der Waals surface area contributed by atoms with Gasteiger partial charge in [-0.1, -0.05) is 0 Å². The summed E-state index contributed by atoms with van der Waals surface area (Å²) in [5, 5.41) is 3.92. The molecule has 0 unspecified atom stereocenters. The van der Waals surface area contributed by atoms with Crippen molar-refractivity contribution in [2.75, 3.05) is 19.4 Å². The molecule has 0 amide bonds. The SMILES string of the molecule is COC1(CNS(=O)(=O)c2c(N)nn(C)c2C)CCC1. The number of rotatable bonds is 5. The molecular weight excluding hydrogens is 268 g/mol. The summed E-state index contributed by atoms with van der Waals surface area (Å²) in [6.45, 7) is 1.94. The van der Waals surface area contributed by atoms with E-state index in [1.807, 2.05) is 0 Å². The number of nitrogens with two attached hydrogens (primary N) is 1. The molecule has 0 atom stereocenters. The molecule has 1 aromatic heterocycles. The summed E-state index contributed by atoms with van der Waals surface area (Å²) >= 11 is 0. The number of anilines is 1. The Labute approximate surface area is 113 Å². The van der Waals surface area contributed by atoms with Crippen LogP contribution < -0.4 is 10.5 Å². The van der Waals surface area contributed by atoms with Gasteiger partial charge in [0.15, 0.2) is 5.82 Å². The highest BCUT2D eigenvalue weighted by atomic mass is 32.2. The molecule has 1 aliphatic rings. The lowest BCUT2D eigenvalue weighted by molar-refractivity contribution is -0.0659. The largest absolute Gasteiger partial charge is 0.381 e. The van der Waals surface area contributed by atoms with Crippen molar-refractivity contribution in [3.05, 3.63) is 5.69 Å². The molecule has 0 aliphatic heterocycles. The zero-order valence-corrected chi connectivity index (χ0v) is 12.2. The van der Waals surface area contributed by atoms with Crippen molar-refractivity contribution in [1.82, 2.24) is 14.5 Å². The van der Waals surface area contributed by atoms with Gasteiger partial charge in [0.05, 0.1) is 11.3 Å². The van der Waals surface area contributed by atoms with Crippen molar-refractivity contribution in [1.29, 1.82) is 0 Å². The fraction of sp³-hybridized carbons (Fsp3) is 0.727. The van der Waals surface area contributed by atoms with Crippen LogP contribution in [0.2, 0.25) is 0 Å². The quantitative estimate of drug-likeness (QED) is 0.804. The number of methoxy groups -OCH3 is 1. The second-order valence-corrected chi connectivity index (χ2v) is 6.69. The molecule has 7 nitrogen and oxygen atoms in total. The van der Waals surface area contributed by atoms with E-state index < -0.39 is 10.0 Å². The summed E-state index contributed by atoms with van der Waals surface area (Å²) in [5.41, 5.74) is 5.82. The monoisotopic (exact) mass is 288 g/mol. The standard InChI is InChI=1S/C11H20N4O3S/c1-8-9(10(12)14-15(8)2)19(16,17)13-7-11(18-3)5-4-6-11/h13H,4-7H2,1-3H3,(H2,12,14). The third-order valence-corrected chi connectivity index (χ3v) is 5.42. The molecule has 1 heterocycles. The van der Waals surface area contributed by atoms with Gasteiger partial charge in [-0.05, 0) is 26.2 Å². The molecule has 3 N–H and O–H groups in total. The molecule has 2 rings (SSSR count). The van der Waals surface area contributed by atoms with Crippen LogP contribution in [0.3, 0.4) is 0 Å². The number of nitrogens with zero attached hydrogens (tertiary/aromatic N) is 2. The van der Waals surface area contributed by atoms with Crippen LogP contribution in [0.4, 0.5) is 5.82 Å². The third kappa shape index (κ3) is 2.47. The number of ether oxygens (including phenoxy) is 1. The maximum Gasteiger partial charge on any atom is 0.246 e. The van der Waals surface area contributed by atoms with Gasteiger partial charge in [0.2, 0.25) is 10.0 Å². The summed E-state index contributed by atoms with van der Waals surface area (Å²) in [4.78, 5) is 0.0561. The van der Waals surface area contributed by atoms with E-state index in [9.17, 15) is 8.42 Å². The Kier molecular flexibility index (Phi) is 3.59. The molecule has 0 spiro atoms. The van der Waals surface area contributed by atoms with Gasteiger partial charge in [-0.15, -0.1) is 0 Å². The van der Waals surface area contributed by atoms with Crippen LogP contribution >= 0.6 is 0 Å². The second kappa shape index (κ2) is 4.77. The van der Waals surface area contributed by atoms with E-state index in [-0.39, 0.29) is 22.9 Å². The Morgan fingerprint density at radius 3 is 2.53 bits per heavy atom. The Bertz CT molecular complexity index is 569. The maximum absolute atomic E-state index is 12.3. The van der Waals surface area contributed by atoms with Gasteiger partial charge in [-0.2, -0.15) is 5.10 Å². The lowest BCUT2D eigenvalue weighted by atomic mass is 9.80. The highest BCUT2D eigenvalue weighted by Crippen LogP contribution is 2.34. The number of aromatic nitrogens is 2. The van der Waals surface area contributed by atoms with Crippen LogP contribution in [0.25, 0.3) is 0 Å². The Balaban J connectivity index is 2.19. The van der Waals surface area contributed by atoms with Gasteiger partial charge in [0.25, 0.3) is 0 Å². The molecule has 8 heteroatoms. The van der Waals surface area contributed by atoms with Gasteiger partial charge in [-0.3, -0.25) is 4.68 Å². The molecule has 1 saturated carbocycles. The fourth-order valence-corrected chi connectivity index (χ4v) is 3.70. The van der Waals surface area contributed by atoms with Gasteiger partial charge in [0, 0.05) is 20.7 Å². The smallest absolute Gasteiger partial charge is 0.246 e. The number of nitrogen functional groups attached to an aromatic ring is 1. The van der Waals surface area contributed by atoms with Gasteiger partial charge >= 0.3 is 0 Å². The summed E-state index contributed by atoms with van der Waals surface area (Å²) in [7, 11) is -0.390. The van der Waals surface area contributed by atoms with Crippen molar-refractivity contribution < 1.29 is 13.2 Å². The van der Waals surface area contributed by atoms with Gasteiger partial charge in [0.1, 0.15) is 4.90 Å². The van der Waals surface area contributed by atoms with Crippen molar-refractivity contribution in [2.24, 2.45) is 7.05 Å². The first-order valence-corrected chi connectivity index (χ1v) is 7.63. The molecule has 108 valence electrons. The Morgan fingerprint density at radius 2 is 2.16 bits per heavy atom. The minimum Gasteiger partial charge on any atom is -0.381 e. The second-order valence-electron chi connectivity index (χ2n) is 4.99. The fourth-order valence-electron chi connectivity index (χ4n) is 2.27. The van der Waals surface area contributed by atoms with Crippen molar-refractivity contribution >= 4 is 15.8 Å². The van der Waals surface area contributed by atoms with E-state index in [1.165, 1.54) is 4.68 Å².